The zero-order valence-electron chi connectivity index (χ0n) is 11.1. The fraction of sp³-hybridized carbons (Fsp3) is 0.467. The summed E-state index contributed by atoms with van der Waals surface area (Å²) in [5.74, 6) is 8.31. The fourth-order valence-electron chi connectivity index (χ4n) is 1.39. The van der Waals surface area contributed by atoms with Crippen LogP contribution in [0, 0.1) is 17.8 Å². The molecule has 0 aromatic heterocycles. The van der Waals surface area contributed by atoms with E-state index < -0.39 is 0 Å². The van der Waals surface area contributed by atoms with Gasteiger partial charge in [-0.15, -0.1) is 11.6 Å². The van der Waals surface area contributed by atoms with Crippen LogP contribution in [0.2, 0.25) is 0 Å². The van der Waals surface area contributed by atoms with Gasteiger partial charge in [-0.25, -0.2) is 0 Å². The second-order valence-electron chi connectivity index (χ2n) is 4.33. The monoisotopic (exact) mass is 266 g/mol. The molecule has 0 aliphatic rings. The van der Waals surface area contributed by atoms with E-state index in [9.17, 15) is 0 Å². The van der Waals surface area contributed by atoms with Crippen molar-refractivity contribution in [3.05, 3.63) is 23.8 Å². The fourth-order valence-corrected chi connectivity index (χ4v) is 1.46. The van der Waals surface area contributed by atoms with Crippen LogP contribution in [0.1, 0.15) is 25.8 Å². The average molecular weight is 267 g/mol. The molecule has 0 bridgehead atoms. The zero-order valence-corrected chi connectivity index (χ0v) is 11.9. The molecule has 0 aliphatic heterocycles. The van der Waals surface area contributed by atoms with E-state index in [0.717, 1.165) is 23.5 Å². The van der Waals surface area contributed by atoms with E-state index in [4.69, 9.17) is 21.1 Å². The highest BCUT2D eigenvalue weighted by Gasteiger charge is 2.04. The number of methoxy groups -OCH3 is 1. The van der Waals surface area contributed by atoms with Crippen molar-refractivity contribution in [2.75, 3.05) is 19.6 Å². The Morgan fingerprint density at radius 2 is 2.11 bits per heavy atom. The maximum absolute atomic E-state index is 5.74. The Hall–Kier alpha value is -1.33. The van der Waals surface area contributed by atoms with Gasteiger partial charge in [0.1, 0.15) is 11.5 Å². The molecule has 0 fully saturated rings. The first-order valence-electron chi connectivity index (χ1n) is 6.03. The summed E-state index contributed by atoms with van der Waals surface area (Å²) < 4.78 is 10.9. The lowest BCUT2D eigenvalue weighted by atomic mass is 10.1. The highest BCUT2D eigenvalue weighted by molar-refractivity contribution is 6.19. The summed E-state index contributed by atoms with van der Waals surface area (Å²) in [5, 5.41) is 0. The van der Waals surface area contributed by atoms with Crippen molar-refractivity contribution in [2.45, 2.75) is 20.3 Å². The molecule has 0 saturated carbocycles. The topological polar surface area (TPSA) is 18.5 Å². The molecule has 0 radical (unpaired) electrons. The molecule has 1 rings (SSSR count). The molecule has 0 heterocycles. The van der Waals surface area contributed by atoms with Gasteiger partial charge in [0, 0.05) is 0 Å². The molecule has 98 valence electrons. The number of hydrogen-bond donors (Lipinski definition) is 0. The molecule has 0 saturated heterocycles. The van der Waals surface area contributed by atoms with Gasteiger partial charge in [0.15, 0.2) is 0 Å². The van der Waals surface area contributed by atoms with Gasteiger partial charge in [-0.2, -0.15) is 0 Å². The van der Waals surface area contributed by atoms with Crippen molar-refractivity contribution >= 4 is 11.6 Å². The minimum absolute atomic E-state index is 0.308. The van der Waals surface area contributed by atoms with Gasteiger partial charge in [0.05, 0.1) is 25.2 Å². The van der Waals surface area contributed by atoms with Gasteiger partial charge in [0.25, 0.3) is 0 Å². The minimum atomic E-state index is 0.308. The van der Waals surface area contributed by atoms with Crippen LogP contribution in [0.5, 0.6) is 11.5 Å². The summed E-state index contributed by atoms with van der Waals surface area (Å²) in [6, 6.07) is 5.62. The Balaban J connectivity index is 2.81. The lowest BCUT2D eigenvalue weighted by molar-refractivity contribution is 0.288. The highest BCUT2D eigenvalue weighted by atomic mass is 35.5. The Kier molecular flexibility index (Phi) is 6.46. The number of alkyl halides is 1. The molecule has 0 aliphatic carbocycles. The lowest BCUT2D eigenvalue weighted by Crippen LogP contribution is -2.02. The normalized spacial score (nSPS) is 9.83. The third-order valence-electron chi connectivity index (χ3n) is 2.43. The molecular formula is C15H19ClO2. The van der Waals surface area contributed by atoms with Crippen LogP contribution in [0.15, 0.2) is 18.2 Å². The van der Waals surface area contributed by atoms with Crippen molar-refractivity contribution in [3.8, 4) is 23.3 Å². The number of hydrogen-bond acceptors (Lipinski definition) is 2. The second kappa shape index (κ2) is 7.89. The van der Waals surface area contributed by atoms with Gasteiger partial charge in [0.2, 0.25) is 0 Å². The van der Waals surface area contributed by atoms with E-state index in [0.29, 0.717) is 18.4 Å². The third kappa shape index (κ3) is 4.89. The third-order valence-corrected chi connectivity index (χ3v) is 2.56. The van der Waals surface area contributed by atoms with Gasteiger partial charge in [-0.05, 0) is 30.5 Å². The Labute approximate surface area is 114 Å². The largest absolute Gasteiger partial charge is 0.497 e. The van der Waals surface area contributed by atoms with Crippen LogP contribution in [0.25, 0.3) is 0 Å². The summed E-state index contributed by atoms with van der Waals surface area (Å²) in [5.41, 5.74) is 0.818. The minimum Gasteiger partial charge on any atom is -0.497 e. The van der Waals surface area contributed by atoms with E-state index in [1.54, 1.807) is 7.11 Å². The first-order valence-corrected chi connectivity index (χ1v) is 6.56. The molecule has 1 aromatic rings. The van der Waals surface area contributed by atoms with Crippen molar-refractivity contribution < 1.29 is 9.47 Å². The van der Waals surface area contributed by atoms with E-state index in [1.807, 2.05) is 18.2 Å². The maximum atomic E-state index is 5.74. The Bertz CT molecular complexity index is 430. The Morgan fingerprint density at radius 3 is 2.72 bits per heavy atom. The molecule has 0 amide bonds. The number of benzene rings is 1. The molecule has 0 atom stereocenters. The zero-order chi connectivity index (χ0) is 13.4. The van der Waals surface area contributed by atoms with Crippen LogP contribution in [0.3, 0.4) is 0 Å². The predicted octanol–water partition coefficient (Wildman–Crippen LogP) is 3.71. The van der Waals surface area contributed by atoms with E-state index >= 15 is 0 Å². The molecule has 2 nitrogen and oxygen atoms in total. The summed E-state index contributed by atoms with van der Waals surface area (Å²) >= 11 is 5.58. The van der Waals surface area contributed by atoms with Crippen LogP contribution >= 0.6 is 11.6 Å². The van der Waals surface area contributed by atoms with Crippen molar-refractivity contribution in [1.82, 2.24) is 0 Å². The summed E-state index contributed by atoms with van der Waals surface area (Å²) in [4.78, 5) is 0. The molecule has 0 spiro atoms. The van der Waals surface area contributed by atoms with E-state index in [2.05, 4.69) is 25.7 Å². The molecule has 18 heavy (non-hydrogen) atoms. The summed E-state index contributed by atoms with van der Waals surface area (Å²) in [6.45, 7) is 5.04. The number of halogens is 1. The maximum Gasteiger partial charge on any atom is 0.135 e. The van der Waals surface area contributed by atoms with E-state index in [1.165, 1.54) is 0 Å². The molecule has 0 unspecified atom stereocenters. The van der Waals surface area contributed by atoms with Gasteiger partial charge in [-0.1, -0.05) is 25.7 Å². The SMILES string of the molecule is COc1ccc(OCCC(C)C)c(C#CCCl)c1. The Morgan fingerprint density at radius 1 is 1.33 bits per heavy atom. The van der Waals surface area contributed by atoms with Crippen LogP contribution in [0.4, 0.5) is 0 Å². The summed E-state index contributed by atoms with van der Waals surface area (Å²) in [6.07, 6.45) is 1.02. The number of rotatable bonds is 5. The van der Waals surface area contributed by atoms with Crippen molar-refractivity contribution in [2.24, 2.45) is 5.92 Å². The smallest absolute Gasteiger partial charge is 0.135 e. The van der Waals surface area contributed by atoms with Crippen LogP contribution in [-0.4, -0.2) is 19.6 Å². The van der Waals surface area contributed by atoms with Gasteiger partial charge >= 0.3 is 0 Å². The quantitative estimate of drug-likeness (QED) is 0.597. The highest BCUT2D eigenvalue weighted by Crippen LogP contribution is 2.23. The average Bonchev–Trinajstić information content (AvgIpc) is 2.36. The summed E-state index contributed by atoms with van der Waals surface area (Å²) in [7, 11) is 1.63. The van der Waals surface area contributed by atoms with Crippen molar-refractivity contribution in [3.63, 3.8) is 0 Å². The first kappa shape index (κ1) is 14.7. The van der Waals surface area contributed by atoms with Crippen LogP contribution in [-0.2, 0) is 0 Å². The molecular weight excluding hydrogens is 248 g/mol. The van der Waals surface area contributed by atoms with Crippen molar-refractivity contribution in [1.29, 1.82) is 0 Å². The van der Waals surface area contributed by atoms with Crippen LogP contribution < -0.4 is 9.47 Å². The standard InChI is InChI=1S/C15H19ClO2/c1-12(2)8-10-18-15-7-6-14(17-3)11-13(15)5-4-9-16/h6-7,11-12H,8-10H2,1-3H3. The molecule has 3 heteroatoms. The molecule has 0 N–H and O–H groups in total. The van der Waals surface area contributed by atoms with Gasteiger partial charge in [-0.3, -0.25) is 0 Å². The predicted molar refractivity (Wildman–Crippen MR) is 75.5 cm³/mol. The van der Waals surface area contributed by atoms with Gasteiger partial charge < -0.3 is 9.47 Å². The lowest BCUT2D eigenvalue weighted by Gasteiger charge is -2.11. The second-order valence-corrected chi connectivity index (χ2v) is 4.60. The molecule has 1 aromatic carbocycles. The first-order chi connectivity index (χ1) is 8.67. The van der Waals surface area contributed by atoms with E-state index in [-0.39, 0.29) is 0 Å². The number of ether oxygens (including phenoxy) is 2.